The number of aromatic nitrogens is 3. The van der Waals surface area contributed by atoms with Gasteiger partial charge in [0, 0.05) is 26.2 Å². The van der Waals surface area contributed by atoms with Gasteiger partial charge in [0.05, 0.1) is 5.88 Å². The number of ether oxygens (including phenoxy) is 1. The van der Waals surface area contributed by atoms with Gasteiger partial charge in [0.25, 0.3) is 0 Å². The average molecular weight is 326 g/mol. The van der Waals surface area contributed by atoms with Crippen LogP contribution in [0.15, 0.2) is 0 Å². The van der Waals surface area contributed by atoms with Crippen molar-refractivity contribution in [3.63, 3.8) is 0 Å². The van der Waals surface area contributed by atoms with E-state index in [4.69, 9.17) is 21.3 Å². The minimum atomic E-state index is 0.400. The number of halogens is 1. The fraction of sp³-hybridized carbons (Fsp3) is 0.800. The minimum absolute atomic E-state index is 0.400. The second-order valence-corrected chi connectivity index (χ2v) is 6.23. The second kappa shape index (κ2) is 7.81. The topological polar surface area (TPSA) is 54.4 Å². The predicted octanol–water partition coefficient (Wildman–Crippen LogP) is 2.47. The van der Waals surface area contributed by atoms with Crippen molar-refractivity contribution in [3.05, 3.63) is 0 Å². The monoisotopic (exact) mass is 325 g/mol. The molecular weight excluding hydrogens is 302 g/mol. The van der Waals surface area contributed by atoms with Crippen LogP contribution in [0.3, 0.4) is 0 Å². The van der Waals surface area contributed by atoms with E-state index in [0.29, 0.717) is 18.5 Å². The Balaban J connectivity index is 1.83. The van der Waals surface area contributed by atoms with Gasteiger partial charge in [-0.05, 0) is 38.5 Å². The molecule has 1 aromatic rings. The minimum Gasteiger partial charge on any atom is -0.462 e. The van der Waals surface area contributed by atoms with Crippen molar-refractivity contribution in [1.29, 1.82) is 0 Å². The van der Waals surface area contributed by atoms with Gasteiger partial charge in [0.2, 0.25) is 11.9 Å². The molecule has 0 spiro atoms. The first-order chi connectivity index (χ1) is 10.9. The molecule has 1 aromatic heterocycles. The molecule has 7 heteroatoms. The molecule has 0 aliphatic carbocycles. The van der Waals surface area contributed by atoms with Crippen molar-refractivity contribution in [2.75, 3.05) is 48.5 Å². The lowest BCUT2D eigenvalue weighted by Gasteiger charge is -2.30. The van der Waals surface area contributed by atoms with E-state index in [1.807, 2.05) is 0 Å². The van der Waals surface area contributed by atoms with E-state index in [-0.39, 0.29) is 0 Å². The molecule has 22 heavy (non-hydrogen) atoms. The first kappa shape index (κ1) is 15.6. The fourth-order valence-electron chi connectivity index (χ4n) is 3.00. The van der Waals surface area contributed by atoms with Crippen molar-refractivity contribution in [1.82, 2.24) is 15.0 Å². The molecule has 2 aliphatic rings. The van der Waals surface area contributed by atoms with Gasteiger partial charge in [-0.3, -0.25) is 0 Å². The molecule has 0 radical (unpaired) electrons. The number of hydrogen-bond donors (Lipinski definition) is 0. The zero-order valence-electron chi connectivity index (χ0n) is 13.0. The van der Waals surface area contributed by atoms with Gasteiger partial charge in [-0.1, -0.05) is 0 Å². The summed E-state index contributed by atoms with van der Waals surface area (Å²) in [6, 6.07) is 0.400. The van der Waals surface area contributed by atoms with Crippen LogP contribution in [0, 0.1) is 0 Å². The number of anilines is 2. The molecule has 0 atom stereocenters. The first-order valence-electron chi connectivity index (χ1n) is 8.31. The number of hydrogen-bond acceptors (Lipinski definition) is 6. The summed E-state index contributed by atoms with van der Waals surface area (Å²) in [6.45, 7) is 4.47. The standard InChI is InChI=1S/C15H24ClN5O/c16-7-12-22-15-18-13(20-8-3-1-4-9-20)17-14(19-15)21-10-5-2-6-11-21/h1-12H2. The number of rotatable bonds is 5. The number of nitrogens with zero attached hydrogens (tertiary/aromatic N) is 5. The van der Waals surface area contributed by atoms with Crippen LogP contribution >= 0.6 is 11.6 Å². The maximum absolute atomic E-state index is 5.71. The van der Waals surface area contributed by atoms with E-state index >= 15 is 0 Å². The van der Waals surface area contributed by atoms with Crippen LogP contribution in [0.4, 0.5) is 11.9 Å². The highest BCUT2D eigenvalue weighted by molar-refractivity contribution is 6.17. The van der Waals surface area contributed by atoms with Crippen LogP contribution in [-0.4, -0.2) is 53.6 Å². The molecule has 0 unspecified atom stereocenters. The molecule has 0 aromatic carbocycles. The summed E-state index contributed by atoms with van der Waals surface area (Å²) in [7, 11) is 0. The van der Waals surface area contributed by atoms with Gasteiger partial charge in [-0.2, -0.15) is 15.0 Å². The molecule has 0 amide bonds. The summed E-state index contributed by atoms with van der Waals surface area (Å²) in [5, 5.41) is 0. The lowest BCUT2D eigenvalue weighted by Crippen LogP contribution is -2.34. The summed E-state index contributed by atoms with van der Waals surface area (Å²) in [5.74, 6) is 1.93. The first-order valence-corrected chi connectivity index (χ1v) is 8.85. The molecule has 0 bridgehead atoms. The smallest absolute Gasteiger partial charge is 0.323 e. The van der Waals surface area contributed by atoms with Gasteiger partial charge >= 0.3 is 6.01 Å². The van der Waals surface area contributed by atoms with Crippen molar-refractivity contribution in [3.8, 4) is 6.01 Å². The van der Waals surface area contributed by atoms with E-state index in [0.717, 1.165) is 38.1 Å². The van der Waals surface area contributed by atoms with Crippen molar-refractivity contribution >= 4 is 23.5 Å². The highest BCUT2D eigenvalue weighted by Gasteiger charge is 2.20. The summed E-state index contributed by atoms with van der Waals surface area (Å²) in [5.41, 5.74) is 0. The largest absolute Gasteiger partial charge is 0.462 e. The van der Waals surface area contributed by atoms with E-state index in [1.165, 1.54) is 38.5 Å². The zero-order chi connectivity index (χ0) is 15.2. The Morgan fingerprint density at radius 2 is 1.27 bits per heavy atom. The van der Waals surface area contributed by atoms with Gasteiger partial charge < -0.3 is 14.5 Å². The highest BCUT2D eigenvalue weighted by atomic mass is 35.5. The summed E-state index contributed by atoms with van der Waals surface area (Å²) < 4.78 is 5.57. The number of piperidine rings is 2. The van der Waals surface area contributed by atoms with Crippen molar-refractivity contribution in [2.24, 2.45) is 0 Å². The van der Waals surface area contributed by atoms with Gasteiger partial charge in [0.1, 0.15) is 6.61 Å². The fourth-order valence-corrected chi connectivity index (χ4v) is 3.08. The summed E-state index contributed by atoms with van der Waals surface area (Å²) in [6.07, 6.45) is 7.36. The van der Waals surface area contributed by atoms with Crippen LogP contribution in [0.2, 0.25) is 0 Å². The van der Waals surface area contributed by atoms with E-state index in [1.54, 1.807) is 0 Å². The molecule has 3 rings (SSSR count). The van der Waals surface area contributed by atoms with Gasteiger partial charge in [-0.15, -0.1) is 11.6 Å². The predicted molar refractivity (Wildman–Crippen MR) is 88.2 cm³/mol. The Hall–Kier alpha value is -1.30. The van der Waals surface area contributed by atoms with E-state index < -0.39 is 0 Å². The molecule has 0 N–H and O–H groups in total. The normalized spacial score (nSPS) is 19.3. The molecule has 6 nitrogen and oxygen atoms in total. The molecule has 122 valence electrons. The highest BCUT2D eigenvalue weighted by Crippen LogP contribution is 2.23. The van der Waals surface area contributed by atoms with Crippen LogP contribution in [-0.2, 0) is 0 Å². The SMILES string of the molecule is ClCCOc1nc(N2CCCCC2)nc(N2CCCCC2)n1. The third-order valence-electron chi connectivity index (χ3n) is 4.18. The van der Waals surface area contributed by atoms with E-state index in [2.05, 4.69) is 19.8 Å². The molecule has 2 fully saturated rings. The lowest BCUT2D eigenvalue weighted by atomic mass is 10.1. The Morgan fingerprint density at radius 1 is 0.773 bits per heavy atom. The molecular formula is C15H24ClN5O. The van der Waals surface area contributed by atoms with E-state index in [9.17, 15) is 0 Å². The van der Waals surface area contributed by atoms with Crippen LogP contribution in [0.5, 0.6) is 6.01 Å². The quantitative estimate of drug-likeness (QED) is 0.775. The summed E-state index contributed by atoms with van der Waals surface area (Å²) in [4.78, 5) is 18.2. The molecule has 3 heterocycles. The second-order valence-electron chi connectivity index (χ2n) is 5.85. The summed E-state index contributed by atoms with van der Waals surface area (Å²) >= 11 is 5.71. The molecule has 0 saturated carbocycles. The Bertz CT molecular complexity index is 439. The maximum atomic E-state index is 5.71. The third kappa shape index (κ3) is 3.91. The van der Waals surface area contributed by atoms with Gasteiger partial charge in [0.15, 0.2) is 0 Å². The lowest BCUT2D eigenvalue weighted by molar-refractivity contribution is 0.313. The average Bonchev–Trinajstić information content (AvgIpc) is 2.61. The van der Waals surface area contributed by atoms with Gasteiger partial charge in [-0.25, -0.2) is 0 Å². The van der Waals surface area contributed by atoms with Crippen LogP contribution in [0.1, 0.15) is 38.5 Å². The Morgan fingerprint density at radius 3 is 1.73 bits per heavy atom. The number of alkyl halides is 1. The maximum Gasteiger partial charge on any atom is 0.323 e. The van der Waals surface area contributed by atoms with Crippen LogP contribution < -0.4 is 14.5 Å². The van der Waals surface area contributed by atoms with Crippen LogP contribution in [0.25, 0.3) is 0 Å². The third-order valence-corrected chi connectivity index (χ3v) is 4.33. The Labute approximate surface area is 136 Å². The zero-order valence-corrected chi connectivity index (χ0v) is 13.8. The Kier molecular flexibility index (Phi) is 5.53. The van der Waals surface area contributed by atoms with Crippen molar-refractivity contribution < 1.29 is 4.74 Å². The molecule has 2 saturated heterocycles. The van der Waals surface area contributed by atoms with Crippen molar-refractivity contribution in [2.45, 2.75) is 38.5 Å². The molecule has 2 aliphatic heterocycles.